The molecular weight excluding hydrogens is 234 g/mol. The third kappa shape index (κ3) is 2.62. The van der Waals surface area contributed by atoms with E-state index in [4.69, 9.17) is 11.6 Å². The van der Waals surface area contributed by atoms with Gasteiger partial charge in [0.2, 0.25) is 5.91 Å². The monoisotopic (exact) mass is 257 g/mol. The Morgan fingerprint density at radius 1 is 1.18 bits per heavy atom. The van der Waals surface area contributed by atoms with Crippen LogP contribution in [0.5, 0.6) is 0 Å². The summed E-state index contributed by atoms with van der Waals surface area (Å²) in [6.45, 7) is 5.78. The first-order valence-corrected chi connectivity index (χ1v) is 7.38. The minimum atomic E-state index is -0.401. The maximum Gasteiger partial charge on any atom is 0.229 e. The van der Waals surface area contributed by atoms with E-state index in [2.05, 4.69) is 0 Å². The molecule has 1 saturated carbocycles. The summed E-state index contributed by atoms with van der Waals surface area (Å²) in [7, 11) is 0. The van der Waals surface area contributed by atoms with Crippen molar-refractivity contribution >= 4 is 17.5 Å². The lowest BCUT2D eigenvalue weighted by Gasteiger charge is -2.41. The quantitative estimate of drug-likeness (QED) is 0.694. The van der Waals surface area contributed by atoms with Gasteiger partial charge >= 0.3 is 0 Å². The van der Waals surface area contributed by atoms with Gasteiger partial charge in [-0.05, 0) is 44.9 Å². The average molecular weight is 258 g/mol. The average Bonchev–Trinajstić information content (AvgIpc) is 2.78. The topological polar surface area (TPSA) is 20.3 Å². The molecular formula is C14H24ClNO. The molecule has 0 unspecified atom stereocenters. The second-order valence-electron chi connectivity index (χ2n) is 6.52. The van der Waals surface area contributed by atoms with Crippen LogP contribution in [0.25, 0.3) is 0 Å². The Balaban J connectivity index is 1.93. The Morgan fingerprint density at radius 2 is 1.71 bits per heavy atom. The van der Waals surface area contributed by atoms with Gasteiger partial charge in [-0.15, -0.1) is 11.6 Å². The molecule has 1 heterocycles. The lowest BCUT2D eigenvalue weighted by molar-refractivity contribution is -0.141. The highest BCUT2D eigenvalue weighted by atomic mass is 35.5. The summed E-state index contributed by atoms with van der Waals surface area (Å²) in [5.41, 5.74) is 0.184. The smallest absolute Gasteiger partial charge is 0.229 e. The largest absolute Gasteiger partial charge is 0.342 e. The van der Waals surface area contributed by atoms with Crippen molar-refractivity contribution < 1.29 is 4.79 Å². The van der Waals surface area contributed by atoms with E-state index in [0.717, 1.165) is 13.1 Å². The van der Waals surface area contributed by atoms with Crippen LogP contribution in [-0.4, -0.2) is 29.8 Å². The number of hydrogen-bond acceptors (Lipinski definition) is 1. The number of carbonyl (C=O) groups is 1. The summed E-state index contributed by atoms with van der Waals surface area (Å²) in [6.07, 6.45) is 7.96. The Bertz CT molecular complexity index is 285. The predicted molar refractivity (Wildman–Crippen MR) is 71.2 cm³/mol. The molecule has 1 amide bonds. The van der Waals surface area contributed by atoms with Crippen LogP contribution in [0, 0.1) is 10.8 Å². The molecule has 2 rings (SSSR count). The van der Waals surface area contributed by atoms with Gasteiger partial charge in [-0.2, -0.15) is 0 Å². The predicted octanol–water partition coefficient (Wildman–Crippen LogP) is 3.43. The first kappa shape index (κ1) is 13.2. The van der Waals surface area contributed by atoms with Crippen molar-refractivity contribution in [2.75, 3.05) is 19.0 Å². The maximum atomic E-state index is 12.3. The van der Waals surface area contributed by atoms with Crippen LogP contribution in [0.15, 0.2) is 0 Å². The molecule has 2 aliphatic rings. The summed E-state index contributed by atoms with van der Waals surface area (Å²) in [4.78, 5) is 14.3. The number of piperidine rings is 1. The molecule has 1 aliphatic heterocycles. The van der Waals surface area contributed by atoms with Gasteiger partial charge < -0.3 is 4.90 Å². The molecule has 0 aromatic heterocycles. The van der Waals surface area contributed by atoms with Crippen LogP contribution in [0.2, 0.25) is 0 Å². The first-order valence-electron chi connectivity index (χ1n) is 6.85. The third-order valence-corrected chi connectivity index (χ3v) is 5.36. The Kier molecular flexibility index (Phi) is 3.72. The van der Waals surface area contributed by atoms with Gasteiger partial charge in [0, 0.05) is 19.0 Å². The molecule has 0 aromatic rings. The molecule has 0 N–H and O–H groups in total. The van der Waals surface area contributed by atoms with Gasteiger partial charge in [-0.1, -0.05) is 12.8 Å². The molecule has 1 spiro atoms. The maximum absolute atomic E-state index is 12.3. The SMILES string of the molecule is CC(C)(CCl)C(=O)N1CCC2(CCCC2)CC1. The van der Waals surface area contributed by atoms with Crippen LogP contribution in [0.4, 0.5) is 0 Å². The van der Waals surface area contributed by atoms with Crippen molar-refractivity contribution in [2.45, 2.75) is 52.4 Å². The van der Waals surface area contributed by atoms with Gasteiger partial charge in [0.25, 0.3) is 0 Å². The highest BCUT2D eigenvalue weighted by molar-refractivity contribution is 6.19. The Morgan fingerprint density at radius 3 is 2.18 bits per heavy atom. The highest BCUT2D eigenvalue weighted by Gasteiger charge is 2.40. The minimum Gasteiger partial charge on any atom is -0.342 e. The number of amides is 1. The zero-order valence-corrected chi connectivity index (χ0v) is 11.9. The van der Waals surface area contributed by atoms with Gasteiger partial charge in [-0.3, -0.25) is 4.79 Å². The van der Waals surface area contributed by atoms with Gasteiger partial charge in [0.05, 0.1) is 5.41 Å². The number of carbonyl (C=O) groups excluding carboxylic acids is 1. The molecule has 3 heteroatoms. The van der Waals surface area contributed by atoms with E-state index in [9.17, 15) is 4.79 Å². The van der Waals surface area contributed by atoms with Crippen molar-refractivity contribution in [1.29, 1.82) is 0 Å². The van der Waals surface area contributed by atoms with Crippen LogP contribution in [0.1, 0.15) is 52.4 Å². The van der Waals surface area contributed by atoms with Crippen molar-refractivity contribution in [1.82, 2.24) is 4.90 Å². The number of nitrogens with zero attached hydrogens (tertiary/aromatic N) is 1. The molecule has 1 aliphatic carbocycles. The molecule has 1 saturated heterocycles. The third-order valence-electron chi connectivity index (χ3n) is 4.69. The number of halogens is 1. The van der Waals surface area contributed by atoms with Crippen LogP contribution >= 0.6 is 11.6 Å². The minimum absolute atomic E-state index is 0.236. The normalized spacial score (nSPS) is 24.3. The van der Waals surface area contributed by atoms with E-state index in [-0.39, 0.29) is 5.91 Å². The molecule has 17 heavy (non-hydrogen) atoms. The molecule has 0 bridgehead atoms. The van der Waals surface area contributed by atoms with Crippen LogP contribution < -0.4 is 0 Å². The summed E-state index contributed by atoms with van der Waals surface area (Å²) < 4.78 is 0. The summed E-state index contributed by atoms with van der Waals surface area (Å²) in [5.74, 6) is 0.647. The van der Waals surface area contributed by atoms with E-state index >= 15 is 0 Å². The Hall–Kier alpha value is -0.240. The lowest BCUT2D eigenvalue weighted by atomic mass is 9.76. The van der Waals surface area contributed by atoms with E-state index in [1.807, 2.05) is 18.7 Å². The highest BCUT2D eigenvalue weighted by Crippen LogP contribution is 2.46. The summed E-state index contributed by atoms with van der Waals surface area (Å²) >= 11 is 5.88. The molecule has 0 atom stereocenters. The zero-order chi connectivity index (χ0) is 12.5. The molecule has 98 valence electrons. The van der Waals surface area contributed by atoms with Gasteiger partial charge in [0.15, 0.2) is 0 Å². The molecule has 2 fully saturated rings. The summed E-state index contributed by atoms with van der Waals surface area (Å²) in [6, 6.07) is 0. The second kappa shape index (κ2) is 4.79. The van der Waals surface area contributed by atoms with Crippen molar-refractivity contribution in [2.24, 2.45) is 10.8 Å². The van der Waals surface area contributed by atoms with Crippen LogP contribution in [-0.2, 0) is 4.79 Å². The molecule has 0 aromatic carbocycles. The molecule has 0 radical (unpaired) electrons. The summed E-state index contributed by atoms with van der Waals surface area (Å²) in [5, 5.41) is 0. The fourth-order valence-corrected chi connectivity index (χ4v) is 3.41. The van der Waals surface area contributed by atoms with Crippen molar-refractivity contribution in [3.63, 3.8) is 0 Å². The van der Waals surface area contributed by atoms with Crippen LogP contribution in [0.3, 0.4) is 0 Å². The van der Waals surface area contributed by atoms with Crippen molar-refractivity contribution in [3.8, 4) is 0 Å². The van der Waals surface area contributed by atoms with E-state index in [1.165, 1.54) is 38.5 Å². The first-order chi connectivity index (χ1) is 7.99. The number of rotatable bonds is 2. The lowest BCUT2D eigenvalue weighted by Crippen LogP contribution is -2.47. The fraction of sp³-hybridized carbons (Fsp3) is 0.929. The standard InChI is InChI=1S/C14H24ClNO/c1-13(2,11-15)12(17)16-9-7-14(8-10-16)5-3-4-6-14/h3-11H2,1-2H3. The van der Waals surface area contributed by atoms with E-state index in [0.29, 0.717) is 11.3 Å². The fourth-order valence-electron chi connectivity index (χ4n) is 3.29. The number of alkyl halides is 1. The second-order valence-corrected chi connectivity index (χ2v) is 6.78. The number of likely N-dealkylation sites (tertiary alicyclic amines) is 1. The Labute approximate surface area is 110 Å². The van der Waals surface area contributed by atoms with Gasteiger partial charge in [0.1, 0.15) is 0 Å². The number of hydrogen-bond donors (Lipinski definition) is 0. The van der Waals surface area contributed by atoms with E-state index < -0.39 is 5.41 Å². The zero-order valence-electron chi connectivity index (χ0n) is 11.1. The van der Waals surface area contributed by atoms with E-state index in [1.54, 1.807) is 0 Å². The molecule has 2 nitrogen and oxygen atoms in total. The van der Waals surface area contributed by atoms with Gasteiger partial charge in [-0.25, -0.2) is 0 Å². The van der Waals surface area contributed by atoms with Crippen molar-refractivity contribution in [3.05, 3.63) is 0 Å².